The third kappa shape index (κ3) is 15.0. The fourth-order valence-corrected chi connectivity index (χ4v) is 12.6. The van der Waals surface area contributed by atoms with E-state index < -0.39 is 23.1 Å². The van der Waals surface area contributed by atoms with E-state index in [-0.39, 0.29) is 19.5 Å². The Morgan fingerprint density at radius 1 is 0.415 bits per heavy atom. The molecule has 11 heteroatoms. The van der Waals surface area contributed by atoms with Gasteiger partial charge in [0.1, 0.15) is 0 Å². The minimum absolute atomic E-state index is 0. The van der Waals surface area contributed by atoms with E-state index in [2.05, 4.69) is 194 Å². The maximum atomic E-state index is 9.75. The SMILES string of the molecule is C1CCOC1.C1CCOC1.CC#N.F[B-](F)(F)F.[Ru+].c1ccc(P(c2ccccc2)c2ccc3ccccc3c2-c2c(P(c3ccccc3)c3ccccc3)ccc3ccccc23)cc1. The summed E-state index contributed by atoms with van der Waals surface area (Å²) < 4.78 is 48.9. The molecule has 1 radical (unpaired) electrons. The molecule has 2 aliphatic rings. The normalized spacial score (nSPS) is 12.8. The van der Waals surface area contributed by atoms with Gasteiger partial charge in [-0.15, -0.1) is 0 Å². The Bertz CT molecular complexity index is 2390. The van der Waals surface area contributed by atoms with Crippen LogP contribution in [-0.4, -0.2) is 33.7 Å². The number of rotatable bonds is 7. The molecule has 0 amide bonds. The summed E-state index contributed by atoms with van der Waals surface area (Å²) in [5, 5.41) is 20.7. The van der Waals surface area contributed by atoms with E-state index in [4.69, 9.17) is 14.7 Å². The Hall–Kier alpha value is -5.04. The number of halogens is 4. The van der Waals surface area contributed by atoms with Gasteiger partial charge in [-0.1, -0.05) is 194 Å². The van der Waals surface area contributed by atoms with Gasteiger partial charge in [-0.2, -0.15) is 5.26 Å². The zero-order valence-electron chi connectivity index (χ0n) is 36.2. The van der Waals surface area contributed by atoms with Crippen LogP contribution < -0.4 is 31.8 Å². The van der Waals surface area contributed by atoms with E-state index in [0.717, 1.165) is 26.4 Å². The van der Waals surface area contributed by atoms with Crippen LogP contribution >= 0.6 is 15.8 Å². The van der Waals surface area contributed by atoms with Crippen molar-refractivity contribution in [1.29, 1.82) is 5.26 Å². The van der Waals surface area contributed by atoms with E-state index in [1.807, 2.05) is 0 Å². The Balaban J connectivity index is 0.000000351. The van der Waals surface area contributed by atoms with Gasteiger partial charge in [0.05, 0.1) is 6.07 Å². The van der Waals surface area contributed by atoms with Crippen molar-refractivity contribution in [2.75, 3.05) is 26.4 Å². The van der Waals surface area contributed by atoms with Gasteiger partial charge in [0, 0.05) is 33.4 Å². The first-order valence-corrected chi connectivity index (χ1v) is 24.1. The maximum Gasteiger partial charge on any atom is 1.00 e. The summed E-state index contributed by atoms with van der Waals surface area (Å²) in [6.45, 7) is 5.43. The van der Waals surface area contributed by atoms with Crippen LogP contribution in [0, 0.1) is 11.3 Å². The van der Waals surface area contributed by atoms with Gasteiger partial charge in [-0.05, 0) is 106 Å². The Morgan fingerprint density at radius 3 is 0.908 bits per heavy atom. The largest absolute Gasteiger partial charge is 1.00 e. The molecule has 0 atom stereocenters. The summed E-state index contributed by atoms with van der Waals surface area (Å²) >= 11 is 0. The summed E-state index contributed by atoms with van der Waals surface area (Å²) in [4.78, 5) is 0. The maximum absolute atomic E-state index is 9.75. The first kappa shape index (κ1) is 51.0. The molecule has 8 aromatic rings. The Kier molecular flexibility index (Phi) is 21.0. The van der Waals surface area contributed by atoms with Crippen LogP contribution in [-0.2, 0) is 29.0 Å². The molecule has 2 fully saturated rings. The van der Waals surface area contributed by atoms with Gasteiger partial charge in [0.2, 0.25) is 0 Å². The number of nitrogens with zero attached hydrogens (tertiary/aromatic N) is 1. The Morgan fingerprint density at radius 2 is 0.662 bits per heavy atom. The summed E-state index contributed by atoms with van der Waals surface area (Å²) in [6, 6.07) is 73.6. The van der Waals surface area contributed by atoms with Crippen LogP contribution in [0.5, 0.6) is 0 Å². The number of hydrogen-bond donors (Lipinski definition) is 0. The summed E-state index contributed by atoms with van der Waals surface area (Å²) in [5.74, 6) is 0. The van der Waals surface area contributed by atoms with Gasteiger partial charge in [-0.3, -0.25) is 0 Å². The van der Waals surface area contributed by atoms with Gasteiger partial charge in [-0.25, -0.2) is 0 Å². The van der Waals surface area contributed by atoms with Crippen molar-refractivity contribution in [3.63, 3.8) is 0 Å². The minimum atomic E-state index is -6.00. The molecule has 0 aromatic heterocycles. The van der Waals surface area contributed by atoms with E-state index in [1.54, 1.807) is 6.07 Å². The van der Waals surface area contributed by atoms with E-state index in [1.165, 1.54) is 97.1 Å². The van der Waals surface area contributed by atoms with Crippen LogP contribution in [0.15, 0.2) is 194 Å². The quantitative estimate of drug-likeness (QED) is 0.0908. The van der Waals surface area contributed by atoms with E-state index in [9.17, 15) is 17.3 Å². The van der Waals surface area contributed by atoms with Crippen LogP contribution in [0.3, 0.4) is 0 Å². The number of ether oxygens (including phenoxy) is 2. The number of nitriles is 1. The fraction of sp³-hybridized carbons (Fsp3) is 0.167. The van der Waals surface area contributed by atoms with Crippen molar-refractivity contribution < 1.29 is 46.2 Å². The van der Waals surface area contributed by atoms with Crippen LogP contribution in [0.25, 0.3) is 32.7 Å². The second-order valence-corrected chi connectivity index (χ2v) is 19.1. The number of fused-ring (bicyclic) bond motifs is 2. The monoisotopic (exact) mass is 996 g/mol. The van der Waals surface area contributed by atoms with Gasteiger partial charge in [0.25, 0.3) is 0 Å². The molecule has 0 saturated carbocycles. The summed E-state index contributed by atoms with van der Waals surface area (Å²) in [6.07, 6.45) is 5.11. The molecular formula is C54H51BF4NO2P2Ru. The predicted molar refractivity (Wildman–Crippen MR) is 266 cm³/mol. The second kappa shape index (κ2) is 26.8. The van der Waals surface area contributed by atoms with Crippen molar-refractivity contribution in [3.05, 3.63) is 194 Å². The van der Waals surface area contributed by atoms with Gasteiger partial charge >= 0.3 is 26.7 Å². The topological polar surface area (TPSA) is 42.2 Å². The van der Waals surface area contributed by atoms with Crippen molar-refractivity contribution in [2.24, 2.45) is 0 Å². The predicted octanol–water partition coefficient (Wildman–Crippen LogP) is 12.6. The standard InChI is InChI=1S/C44H32P2.2C4H8O.C2H3N.BF4.Ru/c1-5-19-35(20-6-1)45(36-21-7-2-8-22-36)41-31-29-33-17-13-15-27-39(33)43(41)44-40-28-16-14-18-34(40)30-32-42(44)46(37-23-9-3-10-24-37)38-25-11-4-12-26-38;2*1-2-4-5-3-1;1-2-3;2-1(3,4)5;/h1-32H;2*1-4H2;1H3;;/q;;;;-1;+1. The van der Waals surface area contributed by atoms with Crippen molar-refractivity contribution in [3.8, 4) is 17.2 Å². The van der Waals surface area contributed by atoms with Crippen molar-refractivity contribution >= 4 is 76.5 Å². The molecule has 0 bridgehead atoms. The zero-order valence-corrected chi connectivity index (χ0v) is 39.8. The van der Waals surface area contributed by atoms with Crippen molar-refractivity contribution in [1.82, 2.24) is 0 Å². The zero-order chi connectivity index (χ0) is 45.0. The average molecular weight is 996 g/mol. The third-order valence-electron chi connectivity index (χ3n) is 10.3. The molecule has 10 rings (SSSR count). The van der Waals surface area contributed by atoms with E-state index in [0.29, 0.717) is 0 Å². The molecule has 0 aliphatic carbocycles. The molecule has 2 saturated heterocycles. The van der Waals surface area contributed by atoms with Crippen LogP contribution in [0.1, 0.15) is 32.6 Å². The summed E-state index contributed by atoms with van der Waals surface area (Å²) in [7, 11) is -7.70. The van der Waals surface area contributed by atoms with Gasteiger partial charge in [0.15, 0.2) is 0 Å². The Labute approximate surface area is 396 Å². The fourth-order valence-electron chi connectivity index (χ4n) is 7.60. The average Bonchev–Trinajstić information content (AvgIpc) is 4.12. The molecule has 0 spiro atoms. The van der Waals surface area contributed by atoms with Crippen LogP contribution in [0.2, 0.25) is 0 Å². The molecule has 8 aromatic carbocycles. The number of benzene rings is 8. The van der Waals surface area contributed by atoms with Crippen molar-refractivity contribution in [2.45, 2.75) is 32.6 Å². The molecule has 0 N–H and O–H groups in total. The molecule has 65 heavy (non-hydrogen) atoms. The molecule has 333 valence electrons. The molecular weight excluding hydrogens is 944 g/mol. The smallest absolute Gasteiger partial charge is 0.418 e. The molecule has 0 unspecified atom stereocenters. The first-order chi connectivity index (χ1) is 31.3. The van der Waals surface area contributed by atoms with Gasteiger partial charge < -0.3 is 26.7 Å². The summed E-state index contributed by atoms with van der Waals surface area (Å²) in [5.41, 5.74) is 2.70. The molecule has 3 nitrogen and oxygen atoms in total. The number of hydrogen-bond acceptors (Lipinski definition) is 3. The van der Waals surface area contributed by atoms with Crippen LogP contribution in [0.4, 0.5) is 17.3 Å². The minimum Gasteiger partial charge on any atom is -0.418 e. The molecule has 2 heterocycles. The second-order valence-electron chi connectivity index (χ2n) is 14.7. The molecule has 2 aliphatic heterocycles. The third-order valence-corrected chi connectivity index (χ3v) is 15.2. The van der Waals surface area contributed by atoms with E-state index >= 15 is 0 Å². The first-order valence-electron chi connectivity index (χ1n) is 21.5.